The minimum atomic E-state index is -0.481. The van der Waals surface area contributed by atoms with E-state index in [0.29, 0.717) is 30.7 Å². The van der Waals surface area contributed by atoms with Gasteiger partial charge in [0.15, 0.2) is 10.8 Å². The van der Waals surface area contributed by atoms with E-state index in [2.05, 4.69) is 47.4 Å². The Morgan fingerprint density at radius 3 is 2.81 bits per heavy atom. The Kier molecular flexibility index (Phi) is 8.24. The van der Waals surface area contributed by atoms with E-state index in [1.165, 1.54) is 11.6 Å². The molecule has 3 aromatic rings. The van der Waals surface area contributed by atoms with Gasteiger partial charge in [0.25, 0.3) is 0 Å². The van der Waals surface area contributed by atoms with E-state index in [1.54, 1.807) is 10.9 Å². The quantitative estimate of drug-likeness (QED) is 0.151. The lowest BCUT2D eigenvalue weighted by atomic mass is 10.0. The highest BCUT2D eigenvalue weighted by Gasteiger charge is 2.26. The van der Waals surface area contributed by atoms with Crippen LogP contribution >= 0.6 is 12.2 Å². The summed E-state index contributed by atoms with van der Waals surface area (Å²) in [4.78, 5) is 12.5. The Bertz CT molecular complexity index is 1280. The van der Waals surface area contributed by atoms with Gasteiger partial charge in [-0.25, -0.2) is 9.48 Å². The van der Waals surface area contributed by atoms with Crippen LogP contribution in [-0.2, 0) is 22.5 Å². The first kappa shape index (κ1) is 25.3. The number of hydrogen-bond donors (Lipinski definition) is 2. The predicted octanol–water partition coefficient (Wildman–Crippen LogP) is 4.73. The Morgan fingerprint density at radius 2 is 2.06 bits per heavy atom. The summed E-state index contributed by atoms with van der Waals surface area (Å²) >= 11 is 5.39. The van der Waals surface area contributed by atoms with Crippen LogP contribution in [0.25, 0.3) is 5.69 Å². The summed E-state index contributed by atoms with van der Waals surface area (Å²) in [5.41, 5.74) is 8.73. The fourth-order valence-electron chi connectivity index (χ4n) is 3.95. The van der Waals surface area contributed by atoms with Crippen LogP contribution < -0.4 is 10.7 Å². The number of aromatic nitrogens is 2. The third-order valence-electron chi connectivity index (χ3n) is 5.69. The fraction of sp³-hybridized carbons (Fsp3) is 0.259. The van der Waals surface area contributed by atoms with Gasteiger partial charge in [-0.2, -0.15) is 10.2 Å². The van der Waals surface area contributed by atoms with Crippen molar-refractivity contribution < 1.29 is 14.3 Å². The number of carbonyl (C=O) groups excluding carboxylic acids is 1. The van der Waals surface area contributed by atoms with Gasteiger partial charge >= 0.3 is 5.97 Å². The molecule has 36 heavy (non-hydrogen) atoms. The largest absolute Gasteiger partial charge is 0.457 e. The molecule has 0 fully saturated rings. The highest BCUT2D eigenvalue weighted by atomic mass is 32.1. The van der Waals surface area contributed by atoms with E-state index in [4.69, 9.17) is 21.7 Å². The number of hydrazone groups is 1. The molecular weight excluding hydrogens is 474 g/mol. The van der Waals surface area contributed by atoms with Gasteiger partial charge in [-0.3, -0.25) is 5.43 Å². The minimum absolute atomic E-state index is 0.132. The standard InChI is InChI=1S/C27H29N5O3S/c1-4-14-35-26(33)25-22-17-34-15-13-24(22)32(31-25)20-11-9-19(10-12-20)16-28-30-27(36)29-23-8-6-5-7-21(23)18(2)3/h4-12,16,18H,1,13-15,17H2,2-3H3,(H2,29,30,36). The molecular formula is C27H29N5O3S. The highest BCUT2D eigenvalue weighted by Crippen LogP contribution is 2.25. The zero-order chi connectivity index (χ0) is 25.5. The summed E-state index contributed by atoms with van der Waals surface area (Å²) < 4.78 is 12.5. The summed E-state index contributed by atoms with van der Waals surface area (Å²) in [6, 6.07) is 15.8. The van der Waals surface area contributed by atoms with Gasteiger partial charge in [-0.05, 0) is 47.5 Å². The summed E-state index contributed by atoms with van der Waals surface area (Å²) in [5.74, 6) is -0.105. The Hall–Kier alpha value is -3.82. The van der Waals surface area contributed by atoms with Gasteiger partial charge < -0.3 is 14.8 Å². The van der Waals surface area contributed by atoms with Crippen LogP contribution in [-0.4, -0.2) is 40.3 Å². The molecule has 2 N–H and O–H groups in total. The predicted molar refractivity (Wildman–Crippen MR) is 145 cm³/mol. The molecule has 0 atom stereocenters. The second-order valence-electron chi connectivity index (χ2n) is 8.53. The molecule has 2 heterocycles. The van der Waals surface area contributed by atoms with Crippen molar-refractivity contribution >= 4 is 35.2 Å². The minimum Gasteiger partial charge on any atom is -0.457 e. The molecule has 1 aromatic heterocycles. The van der Waals surface area contributed by atoms with Crippen LogP contribution in [0.15, 0.2) is 66.3 Å². The van der Waals surface area contributed by atoms with E-state index in [-0.39, 0.29) is 12.3 Å². The van der Waals surface area contributed by atoms with Crippen molar-refractivity contribution in [3.63, 3.8) is 0 Å². The number of carbonyl (C=O) groups is 1. The third kappa shape index (κ3) is 5.87. The van der Waals surface area contributed by atoms with E-state index >= 15 is 0 Å². The molecule has 8 nitrogen and oxygen atoms in total. The first-order chi connectivity index (χ1) is 17.5. The van der Waals surface area contributed by atoms with E-state index in [0.717, 1.165) is 28.2 Å². The maximum Gasteiger partial charge on any atom is 0.359 e. The smallest absolute Gasteiger partial charge is 0.359 e. The molecule has 186 valence electrons. The highest BCUT2D eigenvalue weighted by molar-refractivity contribution is 7.80. The number of nitrogens with one attached hydrogen (secondary N) is 2. The first-order valence-electron chi connectivity index (χ1n) is 11.7. The average Bonchev–Trinajstić information content (AvgIpc) is 3.28. The molecule has 0 unspecified atom stereocenters. The topological polar surface area (TPSA) is 89.8 Å². The zero-order valence-electron chi connectivity index (χ0n) is 20.4. The van der Waals surface area contributed by atoms with Crippen molar-refractivity contribution in [2.24, 2.45) is 5.10 Å². The van der Waals surface area contributed by atoms with Gasteiger partial charge in [-0.1, -0.05) is 56.8 Å². The molecule has 0 spiro atoms. The lowest BCUT2D eigenvalue weighted by molar-refractivity contribution is 0.0532. The zero-order valence-corrected chi connectivity index (χ0v) is 21.2. The molecule has 4 rings (SSSR count). The molecule has 1 aliphatic rings. The average molecular weight is 504 g/mol. The van der Waals surface area contributed by atoms with Gasteiger partial charge in [0.1, 0.15) is 6.61 Å². The maximum absolute atomic E-state index is 12.5. The molecule has 0 radical (unpaired) electrons. The molecule has 0 amide bonds. The molecule has 0 bridgehead atoms. The van der Waals surface area contributed by atoms with Crippen LogP contribution in [0.2, 0.25) is 0 Å². The first-order valence-corrected chi connectivity index (χ1v) is 12.1. The van der Waals surface area contributed by atoms with E-state index in [1.807, 2.05) is 42.5 Å². The molecule has 2 aromatic carbocycles. The summed E-state index contributed by atoms with van der Waals surface area (Å²) in [7, 11) is 0. The van der Waals surface area contributed by atoms with E-state index in [9.17, 15) is 4.79 Å². The Labute approximate surface area is 216 Å². The van der Waals surface area contributed by atoms with Crippen LogP contribution in [0.1, 0.15) is 52.6 Å². The number of hydrogen-bond acceptors (Lipinski definition) is 6. The summed E-state index contributed by atoms with van der Waals surface area (Å²) in [5, 5.41) is 12.4. The number of rotatable bonds is 8. The maximum atomic E-state index is 12.5. The number of ether oxygens (including phenoxy) is 2. The molecule has 1 aliphatic heterocycles. The number of esters is 1. The number of para-hydroxylation sites is 1. The number of thiocarbonyl (C=S) groups is 1. The molecule has 0 saturated carbocycles. The van der Waals surface area contributed by atoms with Crippen LogP contribution in [0.3, 0.4) is 0 Å². The van der Waals surface area contributed by atoms with Gasteiger partial charge in [0.05, 0.1) is 30.8 Å². The van der Waals surface area contributed by atoms with Gasteiger partial charge in [-0.15, -0.1) is 0 Å². The normalized spacial score (nSPS) is 12.9. The van der Waals surface area contributed by atoms with Crippen molar-refractivity contribution in [2.45, 2.75) is 32.8 Å². The molecule has 9 heteroatoms. The van der Waals surface area contributed by atoms with Gasteiger partial charge in [0.2, 0.25) is 0 Å². The Morgan fingerprint density at radius 1 is 1.28 bits per heavy atom. The lowest BCUT2D eigenvalue weighted by Gasteiger charge is -2.15. The third-order valence-corrected chi connectivity index (χ3v) is 5.89. The summed E-state index contributed by atoms with van der Waals surface area (Å²) in [6.45, 7) is 8.90. The van der Waals surface area contributed by atoms with Crippen molar-refractivity contribution in [1.29, 1.82) is 0 Å². The Balaban J connectivity index is 1.43. The summed E-state index contributed by atoms with van der Waals surface area (Å²) in [6.07, 6.45) is 3.88. The van der Waals surface area contributed by atoms with Crippen molar-refractivity contribution in [3.8, 4) is 5.69 Å². The molecule has 0 aliphatic carbocycles. The van der Waals surface area contributed by atoms with Gasteiger partial charge in [0, 0.05) is 17.7 Å². The van der Waals surface area contributed by atoms with E-state index < -0.39 is 5.97 Å². The van der Waals surface area contributed by atoms with Crippen LogP contribution in [0.5, 0.6) is 0 Å². The molecule has 0 saturated heterocycles. The second kappa shape index (κ2) is 11.7. The SMILES string of the molecule is C=CCOC(=O)c1nn(-c2ccc(C=NNC(=S)Nc3ccccc3C(C)C)cc2)c2c1COCC2. The van der Waals surface area contributed by atoms with Crippen molar-refractivity contribution in [1.82, 2.24) is 15.2 Å². The number of benzene rings is 2. The second-order valence-corrected chi connectivity index (χ2v) is 8.94. The number of anilines is 1. The van der Waals surface area contributed by atoms with Crippen LogP contribution in [0.4, 0.5) is 5.69 Å². The fourth-order valence-corrected chi connectivity index (χ4v) is 4.11. The number of fused-ring (bicyclic) bond motifs is 1. The lowest BCUT2D eigenvalue weighted by Crippen LogP contribution is -2.24. The number of nitrogens with zero attached hydrogens (tertiary/aromatic N) is 3. The van der Waals surface area contributed by atoms with Crippen molar-refractivity contribution in [2.75, 3.05) is 18.5 Å². The van der Waals surface area contributed by atoms with Crippen molar-refractivity contribution in [3.05, 3.63) is 89.3 Å². The monoisotopic (exact) mass is 503 g/mol. The van der Waals surface area contributed by atoms with Crippen LogP contribution in [0, 0.1) is 0 Å².